The Balaban J connectivity index is 1.93. The SMILES string of the molecule is Nc1cccc(C(=O)NCCc2ccc(Cl)s2)c1Cl. The molecular formula is C13H12Cl2N2OS. The lowest BCUT2D eigenvalue weighted by atomic mass is 10.2. The van der Waals surface area contributed by atoms with Gasteiger partial charge in [-0.15, -0.1) is 11.3 Å². The van der Waals surface area contributed by atoms with Crippen LogP contribution in [0.25, 0.3) is 0 Å². The van der Waals surface area contributed by atoms with Crippen LogP contribution in [0, 0.1) is 0 Å². The number of hydrogen-bond acceptors (Lipinski definition) is 3. The first-order valence-electron chi connectivity index (χ1n) is 5.64. The maximum Gasteiger partial charge on any atom is 0.252 e. The van der Waals surface area contributed by atoms with E-state index in [2.05, 4.69) is 5.32 Å². The zero-order chi connectivity index (χ0) is 13.8. The largest absolute Gasteiger partial charge is 0.398 e. The Hall–Kier alpha value is -1.23. The molecule has 6 heteroatoms. The highest BCUT2D eigenvalue weighted by molar-refractivity contribution is 7.16. The maximum absolute atomic E-state index is 11.9. The molecule has 0 saturated heterocycles. The van der Waals surface area contributed by atoms with Gasteiger partial charge >= 0.3 is 0 Å². The molecule has 0 bridgehead atoms. The van der Waals surface area contributed by atoms with Crippen LogP contribution in [0.5, 0.6) is 0 Å². The van der Waals surface area contributed by atoms with E-state index >= 15 is 0 Å². The fourth-order valence-corrected chi connectivity index (χ4v) is 2.90. The number of amides is 1. The summed E-state index contributed by atoms with van der Waals surface area (Å²) in [5, 5.41) is 3.10. The summed E-state index contributed by atoms with van der Waals surface area (Å²) in [4.78, 5) is 13.1. The van der Waals surface area contributed by atoms with Crippen LogP contribution in [-0.4, -0.2) is 12.5 Å². The first-order valence-corrected chi connectivity index (χ1v) is 7.21. The molecule has 2 aromatic rings. The second-order valence-corrected chi connectivity index (χ2v) is 6.10. The van der Waals surface area contributed by atoms with Gasteiger partial charge in [0.25, 0.3) is 5.91 Å². The number of thiophene rings is 1. The number of nitrogens with one attached hydrogen (secondary N) is 1. The molecule has 0 aliphatic carbocycles. The van der Waals surface area contributed by atoms with Crippen molar-refractivity contribution in [2.75, 3.05) is 12.3 Å². The first-order chi connectivity index (χ1) is 9.08. The van der Waals surface area contributed by atoms with Crippen LogP contribution < -0.4 is 11.1 Å². The first kappa shape index (κ1) is 14.2. The molecule has 1 heterocycles. The van der Waals surface area contributed by atoms with Crippen molar-refractivity contribution in [3.8, 4) is 0 Å². The smallest absolute Gasteiger partial charge is 0.252 e. The molecule has 0 unspecified atom stereocenters. The van der Waals surface area contributed by atoms with Crippen molar-refractivity contribution in [3.05, 3.63) is 50.1 Å². The Bertz CT molecular complexity index is 598. The number of nitrogen functional groups attached to an aromatic ring is 1. The van der Waals surface area contributed by atoms with Crippen LogP contribution in [0.15, 0.2) is 30.3 Å². The third kappa shape index (κ3) is 3.62. The molecule has 0 radical (unpaired) electrons. The molecule has 0 aliphatic rings. The topological polar surface area (TPSA) is 55.1 Å². The molecule has 0 atom stereocenters. The fourth-order valence-electron chi connectivity index (χ4n) is 1.61. The number of anilines is 1. The van der Waals surface area contributed by atoms with Gasteiger partial charge in [0.1, 0.15) is 0 Å². The highest BCUT2D eigenvalue weighted by Crippen LogP contribution is 2.23. The van der Waals surface area contributed by atoms with Crippen LogP contribution in [0.4, 0.5) is 5.69 Å². The van der Waals surface area contributed by atoms with Gasteiger partial charge in [0.15, 0.2) is 0 Å². The van der Waals surface area contributed by atoms with Crippen molar-refractivity contribution < 1.29 is 4.79 Å². The molecule has 100 valence electrons. The van der Waals surface area contributed by atoms with Gasteiger partial charge in [-0.2, -0.15) is 0 Å². The highest BCUT2D eigenvalue weighted by atomic mass is 35.5. The van der Waals surface area contributed by atoms with Gasteiger partial charge in [0.05, 0.1) is 20.6 Å². The number of benzene rings is 1. The molecule has 0 aliphatic heterocycles. The summed E-state index contributed by atoms with van der Waals surface area (Å²) in [6.45, 7) is 0.529. The number of carbonyl (C=O) groups excluding carboxylic acids is 1. The van der Waals surface area contributed by atoms with E-state index in [1.807, 2.05) is 12.1 Å². The van der Waals surface area contributed by atoms with E-state index in [9.17, 15) is 4.79 Å². The van der Waals surface area contributed by atoms with Crippen LogP contribution in [-0.2, 0) is 6.42 Å². The van der Waals surface area contributed by atoms with Crippen LogP contribution in [0.2, 0.25) is 9.36 Å². The van der Waals surface area contributed by atoms with E-state index in [-0.39, 0.29) is 5.91 Å². The zero-order valence-corrected chi connectivity index (χ0v) is 12.3. The summed E-state index contributed by atoms with van der Waals surface area (Å²) in [5.74, 6) is -0.222. The lowest BCUT2D eigenvalue weighted by Gasteiger charge is -2.07. The van der Waals surface area contributed by atoms with E-state index in [1.54, 1.807) is 18.2 Å². The van der Waals surface area contributed by atoms with Crippen molar-refractivity contribution in [1.82, 2.24) is 5.32 Å². The lowest BCUT2D eigenvalue weighted by molar-refractivity contribution is 0.0954. The van der Waals surface area contributed by atoms with Crippen molar-refractivity contribution >= 4 is 46.1 Å². The van der Waals surface area contributed by atoms with Gasteiger partial charge in [0.2, 0.25) is 0 Å². The Morgan fingerprint density at radius 1 is 1.26 bits per heavy atom. The van der Waals surface area contributed by atoms with Crippen molar-refractivity contribution in [2.24, 2.45) is 0 Å². The minimum atomic E-state index is -0.222. The van der Waals surface area contributed by atoms with E-state index in [1.165, 1.54) is 11.3 Å². The Morgan fingerprint density at radius 2 is 2.05 bits per heavy atom. The summed E-state index contributed by atoms with van der Waals surface area (Å²) in [6.07, 6.45) is 0.739. The highest BCUT2D eigenvalue weighted by Gasteiger charge is 2.11. The summed E-state index contributed by atoms with van der Waals surface area (Å²) in [6, 6.07) is 8.81. The van der Waals surface area contributed by atoms with Crippen LogP contribution in [0.3, 0.4) is 0 Å². The molecule has 1 aromatic carbocycles. The maximum atomic E-state index is 11.9. The summed E-state index contributed by atoms with van der Waals surface area (Å²) in [7, 11) is 0. The van der Waals surface area contributed by atoms with Crippen molar-refractivity contribution in [2.45, 2.75) is 6.42 Å². The lowest BCUT2D eigenvalue weighted by Crippen LogP contribution is -2.25. The molecule has 3 N–H and O–H groups in total. The van der Waals surface area contributed by atoms with Crippen molar-refractivity contribution in [1.29, 1.82) is 0 Å². The van der Waals surface area contributed by atoms with E-state index in [0.717, 1.165) is 15.6 Å². The molecule has 3 nitrogen and oxygen atoms in total. The number of hydrogen-bond donors (Lipinski definition) is 2. The predicted molar refractivity (Wildman–Crippen MR) is 81.2 cm³/mol. The molecule has 0 fully saturated rings. The van der Waals surface area contributed by atoms with E-state index in [0.29, 0.717) is 22.8 Å². The average molecular weight is 315 g/mol. The second kappa shape index (κ2) is 6.28. The van der Waals surface area contributed by atoms with Gasteiger partial charge in [-0.05, 0) is 30.7 Å². The summed E-state index contributed by atoms with van der Waals surface area (Å²) in [5.41, 5.74) is 6.45. The quantitative estimate of drug-likeness (QED) is 0.847. The number of rotatable bonds is 4. The summed E-state index contributed by atoms with van der Waals surface area (Å²) < 4.78 is 0.750. The van der Waals surface area contributed by atoms with Crippen LogP contribution in [0.1, 0.15) is 15.2 Å². The van der Waals surface area contributed by atoms with Gasteiger partial charge < -0.3 is 11.1 Å². The van der Waals surface area contributed by atoms with Gasteiger partial charge in [-0.3, -0.25) is 4.79 Å². The third-order valence-corrected chi connectivity index (χ3v) is 4.27. The number of halogens is 2. The standard InChI is InChI=1S/C13H12Cl2N2OS/c14-11-5-4-8(19-11)6-7-17-13(18)9-2-1-3-10(16)12(9)15/h1-5H,6-7,16H2,(H,17,18). The fraction of sp³-hybridized carbons (Fsp3) is 0.154. The average Bonchev–Trinajstić information content (AvgIpc) is 2.78. The minimum absolute atomic E-state index is 0.222. The molecule has 19 heavy (non-hydrogen) atoms. The van der Waals surface area contributed by atoms with Crippen molar-refractivity contribution in [3.63, 3.8) is 0 Å². The molecule has 1 aromatic heterocycles. The Morgan fingerprint density at radius 3 is 2.74 bits per heavy atom. The van der Waals surface area contributed by atoms with E-state index in [4.69, 9.17) is 28.9 Å². The third-order valence-electron chi connectivity index (χ3n) is 2.56. The monoisotopic (exact) mass is 314 g/mol. The summed E-state index contributed by atoms with van der Waals surface area (Å²) >= 11 is 13.3. The predicted octanol–water partition coefficient (Wildman–Crippen LogP) is 3.61. The minimum Gasteiger partial charge on any atom is -0.398 e. The van der Waals surface area contributed by atoms with Gasteiger partial charge in [-0.25, -0.2) is 0 Å². The number of carbonyl (C=O) groups is 1. The number of nitrogens with two attached hydrogens (primary N) is 1. The van der Waals surface area contributed by atoms with Gasteiger partial charge in [-0.1, -0.05) is 29.3 Å². The second-order valence-electron chi connectivity index (χ2n) is 3.92. The Labute approximate surface area is 125 Å². The van der Waals surface area contributed by atoms with Gasteiger partial charge in [0, 0.05) is 11.4 Å². The Kier molecular flexibility index (Phi) is 4.69. The van der Waals surface area contributed by atoms with Crippen LogP contribution >= 0.6 is 34.5 Å². The molecule has 0 saturated carbocycles. The molecule has 2 rings (SSSR count). The molecular weight excluding hydrogens is 303 g/mol. The zero-order valence-electron chi connectivity index (χ0n) is 9.95. The molecule has 1 amide bonds. The van der Waals surface area contributed by atoms with E-state index < -0.39 is 0 Å². The molecule has 0 spiro atoms. The normalized spacial score (nSPS) is 10.4.